The van der Waals surface area contributed by atoms with Gasteiger partial charge in [0.1, 0.15) is 11.9 Å². The molecule has 3 N–H and O–H groups in total. The standard InChI is InChI=1S/C13H16N4O/c1-9(17-8-7-15-10(17)2)13(18)16-12-6-4-3-5-11(12)14/h3-9H,14H2,1-2H3,(H,16,18). The third-order valence-corrected chi connectivity index (χ3v) is 2.88. The van der Waals surface area contributed by atoms with Gasteiger partial charge in [-0.15, -0.1) is 0 Å². The first kappa shape index (κ1) is 12.2. The third kappa shape index (κ3) is 2.34. The Balaban J connectivity index is 2.14. The smallest absolute Gasteiger partial charge is 0.247 e. The second-order valence-electron chi connectivity index (χ2n) is 4.13. The molecule has 2 rings (SSSR count). The van der Waals surface area contributed by atoms with Gasteiger partial charge >= 0.3 is 0 Å². The molecule has 0 saturated carbocycles. The average molecular weight is 244 g/mol. The number of nitrogen functional groups attached to an aromatic ring is 1. The lowest BCUT2D eigenvalue weighted by atomic mass is 10.2. The fraction of sp³-hybridized carbons (Fsp3) is 0.231. The maximum atomic E-state index is 12.1. The van der Waals surface area contributed by atoms with Gasteiger partial charge in [0.05, 0.1) is 11.4 Å². The number of carbonyl (C=O) groups is 1. The number of nitrogens with two attached hydrogens (primary N) is 1. The number of hydrogen-bond donors (Lipinski definition) is 2. The van der Waals surface area contributed by atoms with E-state index in [1.54, 1.807) is 24.5 Å². The van der Waals surface area contributed by atoms with Crippen LogP contribution < -0.4 is 11.1 Å². The summed E-state index contributed by atoms with van der Waals surface area (Å²) in [5.41, 5.74) is 6.97. The molecule has 1 unspecified atom stereocenters. The first-order chi connectivity index (χ1) is 8.59. The van der Waals surface area contributed by atoms with Crippen LogP contribution in [-0.4, -0.2) is 15.5 Å². The van der Waals surface area contributed by atoms with Crippen LogP contribution in [0.25, 0.3) is 0 Å². The minimum Gasteiger partial charge on any atom is -0.397 e. The molecular weight excluding hydrogens is 228 g/mol. The molecule has 1 heterocycles. The van der Waals surface area contributed by atoms with E-state index < -0.39 is 0 Å². The molecule has 2 aromatic rings. The summed E-state index contributed by atoms with van der Waals surface area (Å²) < 4.78 is 1.81. The molecule has 5 heteroatoms. The number of nitrogens with one attached hydrogen (secondary N) is 1. The van der Waals surface area contributed by atoms with Gasteiger partial charge in [-0.3, -0.25) is 4.79 Å². The monoisotopic (exact) mass is 244 g/mol. The molecule has 18 heavy (non-hydrogen) atoms. The summed E-state index contributed by atoms with van der Waals surface area (Å²) in [4.78, 5) is 16.2. The highest BCUT2D eigenvalue weighted by Crippen LogP contribution is 2.19. The molecule has 1 amide bonds. The van der Waals surface area contributed by atoms with Crippen molar-refractivity contribution in [1.82, 2.24) is 9.55 Å². The highest BCUT2D eigenvalue weighted by molar-refractivity contribution is 5.96. The van der Waals surface area contributed by atoms with E-state index >= 15 is 0 Å². The number of carbonyl (C=O) groups excluding carboxylic acids is 1. The fourth-order valence-corrected chi connectivity index (χ4v) is 1.77. The van der Waals surface area contributed by atoms with Crippen molar-refractivity contribution in [2.24, 2.45) is 0 Å². The van der Waals surface area contributed by atoms with Gasteiger partial charge in [-0.2, -0.15) is 0 Å². The highest BCUT2D eigenvalue weighted by atomic mass is 16.2. The minimum atomic E-state index is -0.327. The normalized spacial score (nSPS) is 12.1. The van der Waals surface area contributed by atoms with Gasteiger partial charge < -0.3 is 15.6 Å². The van der Waals surface area contributed by atoms with Gasteiger partial charge in [0.2, 0.25) is 5.91 Å². The van der Waals surface area contributed by atoms with E-state index in [9.17, 15) is 4.79 Å². The van der Waals surface area contributed by atoms with Crippen molar-refractivity contribution in [1.29, 1.82) is 0 Å². The predicted molar refractivity (Wildman–Crippen MR) is 71.2 cm³/mol. The summed E-state index contributed by atoms with van der Waals surface area (Å²) in [5, 5.41) is 2.81. The van der Waals surface area contributed by atoms with E-state index in [0.717, 1.165) is 5.82 Å². The molecule has 1 atom stereocenters. The van der Waals surface area contributed by atoms with Gasteiger partial charge in [-0.1, -0.05) is 12.1 Å². The number of rotatable bonds is 3. The maximum Gasteiger partial charge on any atom is 0.247 e. The van der Waals surface area contributed by atoms with E-state index in [2.05, 4.69) is 10.3 Å². The SMILES string of the molecule is Cc1nccn1C(C)C(=O)Nc1ccccc1N. The van der Waals surface area contributed by atoms with Crippen LogP contribution in [0, 0.1) is 6.92 Å². The molecule has 5 nitrogen and oxygen atoms in total. The predicted octanol–water partition coefficient (Wildman–Crippen LogP) is 1.97. The largest absolute Gasteiger partial charge is 0.397 e. The van der Waals surface area contributed by atoms with Crippen LogP contribution in [0.1, 0.15) is 18.8 Å². The Morgan fingerprint density at radius 2 is 2.17 bits per heavy atom. The summed E-state index contributed by atoms with van der Waals surface area (Å²) in [6.45, 7) is 3.68. The van der Waals surface area contributed by atoms with Gasteiger partial charge in [0, 0.05) is 12.4 Å². The molecule has 0 radical (unpaired) electrons. The van der Waals surface area contributed by atoms with Gasteiger partial charge in [0.25, 0.3) is 0 Å². The van der Waals surface area contributed by atoms with Crippen LogP contribution in [0.5, 0.6) is 0 Å². The first-order valence-corrected chi connectivity index (χ1v) is 5.74. The van der Waals surface area contributed by atoms with Crippen molar-refractivity contribution in [3.05, 3.63) is 42.5 Å². The Hall–Kier alpha value is -2.30. The van der Waals surface area contributed by atoms with Gasteiger partial charge in [-0.25, -0.2) is 4.98 Å². The Kier molecular flexibility index (Phi) is 3.32. The summed E-state index contributed by atoms with van der Waals surface area (Å²) in [6, 6.07) is 6.86. The van der Waals surface area contributed by atoms with Crippen molar-refractivity contribution in [2.45, 2.75) is 19.9 Å². The van der Waals surface area contributed by atoms with E-state index in [1.807, 2.05) is 30.5 Å². The number of anilines is 2. The second kappa shape index (κ2) is 4.91. The molecule has 0 spiro atoms. The quantitative estimate of drug-likeness (QED) is 0.811. The lowest BCUT2D eigenvalue weighted by Gasteiger charge is -2.15. The van der Waals surface area contributed by atoms with Crippen molar-refractivity contribution >= 4 is 17.3 Å². The number of nitrogens with zero attached hydrogens (tertiary/aromatic N) is 2. The summed E-state index contributed by atoms with van der Waals surface area (Å²) in [5.74, 6) is 0.688. The summed E-state index contributed by atoms with van der Waals surface area (Å²) in [6.07, 6.45) is 3.46. The van der Waals surface area contributed by atoms with Gasteiger partial charge in [0.15, 0.2) is 0 Å². The van der Waals surface area contributed by atoms with Crippen LogP contribution in [-0.2, 0) is 4.79 Å². The Morgan fingerprint density at radius 3 is 2.78 bits per heavy atom. The number of amides is 1. The number of para-hydroxylation sites is 2. The van der Waals surface area contributed by atoms with Crippen LogP contribution in [0.15, 0.2) is 36.7 Å². The Labute approximate surface area is 106 Å². The topological polar surface area (TPSA) is 72.9 Å². The Bertz CT molecular complexity index is 562. The van der Waals surface area contributed by atoms with Crippen LogP contribution in [0.3, 0.4) is 0 Å². The van der Waals surface area contributed by atoms with E-state index in [1.165, 1.54) is 0 Å². The number of aryl methyl sites for hydroxylation is 1. The van der Waals surface area contributed by atoms with Crippen LogP contribution >= 0.6 is 0 Å². The van der Waals surface area contributed by atoms with E-state index in [0.29, 0.717) is 11.4 Å². The van der Waals surface area contributed by atoms with Crippen molar-refractivity contribution in [3.8, 4) is 0 Å². The molecule has 0 bridgehead atoms. The molecule has 0 aliphatic carbocycles. The third-order valence-electron chi connectivity index (χ3n) is 2.88. The zero-order valence-electron chi connectivity index (χ0n) is 10.4. The van der Waals surface area contributed by atoms with Crippen LogP contribution in [0.4, 0.5) is 11.4 Å². The maximum absolute atomic E-state index is 12.1. The molecule has 1 aromatic carbocycles. The summed E-state index contributed by atoms with van der Waals surface area (Å²) in [7, 11) is 0. The molecule has 0 aliphatic rings. The zero-order chi connectivity index (χ0) is 13.1. The minimum absolute atomic E-state index is 0.117. The number of imidazole rings is 1. The molecule has 94 valence electrons. The molecule has 0 aliphatic heterocycles. The second-order valence-corrected chi connectivity index (χ2v) is 4.13. The molecule has 0 fully saturated rings. The number of benzene rings is 1. The fourth-order valence-electron chi connectivity index (χ4n) is 1.77. The van der Waals surface area contributed by atoms with Crippen LogP contribution in [0.2, 0.25) is 0 Å². The first-order valence-electron chi connectivity index (χ1n) is 5.74. The lowest BCUT2D eigenvalue weighted by molar-refractivity contribution is -0.118. The zero-order valence-corrected chi connectivity index (χ0v) is 10.4. The average Bonchev–Trinajstić information content (AvgIpc) is 2.77. The number of aromatic nitrogens is 2. The van der Waals surface area contributed by atoms with E-state index in [-0.39, 0.29) is 11.9 Å². The lowest BCUT2D eigenvalue weighted by Crippen LogP contribution is -2.24. The molecule has 0 saturated heterocycles. The molecule has 1 aromatic heterocycles. The summed E-state index contributed by atoms with van der Waals surface area (Å²) >= 11 is 0. The number of hydrogen-bond acceptors (Lipinski definition) is 3. The van der Waals surface area contributed by atoms with E-state index in [4.69, 9.17) is 5.73 Å². The van der Waals surface area contributed by atoms with Crippen molar-refractivity contribution in [3.63, 3.8) is 0 Å². The van der Waals surface area contributed by atoms with Gasteiger partial charge in [-0.05, 0) is 26.0 Å². The van der Waals surface area contributed by atoms with Crippen molar-refractivity contribution in [2.75, 3.05) is 11.1 Å². The van der Waals surface area contributed by atoms with Crippen molar-refractivity contribution < 1.29 is 4.79 Å². The molecular formula is C13H16N4O. The Morgan fingerprint density at radius 1 is 1.44 bits per heavy atom. The highest BCUT2D eigenvalue weighted by Gasteiger charge is 2.16.